The van der Waals surface area contributed by atoms with E-state index in [2.05, 4.69) is 19.8 Å². The van der Waals surface area contributed by atoms with Crippen molar-refractivity contribution in [3.05, 3.63) is 113 Å². The maximum absolute atomic E-state index is 14.3. The number of hydrogen-bond donors (Lipinski definition) is 3. The molecule has 2 unspecified atom stereocenters. The van der Waals surface area contributed by atoms with E-state index >= 15 is 0 Å². The van der Waals surface area contributed by atoms with Gasteiger partial charge < -0.3 is 26.4 Å². The second kappa shape index (κ2) is 14.1. The van der Waals surface area contributed by atoms with Gasteiger partial charge in [-0.25, -0.2) is 4.79 Å². The molecule has 5 N–H and O–H groups in total. The molecule has 4 aromatic rings. The minimum absolute atomic E-state index is 0.0426. The number of oxime groups is 1. The number of anilines is 2. The van der Waals surface area contributed by atoms with E-state index < -0.39 is 46.1 Å². The summed E-state index contributed by atoms with van der Waals surface area (Å²) in [6, 6.07) is 20.6. The summed E-state index contributed by atoms with van der Waals surface area (Å²) in [6.45, 7) is 1.93. The topological polar surface area (TPSA) is 196 Å². The van der Waals surface area contributed by atoms with Crippen molar-refractivity contribution in [3.63, 3.8) is 0 Å². The molecule has 14 nitrogen and oxygen atoms in total. The highest BCUT2D eigenvalue weighted by atomic mass is 32.2. The molecule has 0 spiro atoms. The van der Waals surface area contributed by atoms with Gasteiger partial charge >= 0.3 is 5.97 Å². The quantitative estimate of drug-likeness (QED) is 0.0682. The smallest absolute Gasteiger partial charge is 0.356 e. The van der Waals surface area contributed by atoms with Gasteiger partial charge in [0.05, 0.1) is 22.2 Å². The third-order valence-corrected chi connectivity index (χ3v) is 9.72. The zero-order valence-electron chi connectivity index (χ0n) is 25.6. The number of nitrogens with one attached hydrogen (secondary N) is 1. The number of amides is 2. The molecule has 0 bridgehead atoms. The fourth-order valence-corrected chi connectivity index (χ4v) is 7.53. The summed E-state index contributed by atoms with van der Waals surface area (Å²) in [6.07, 6.45) is 2.61. The number of carbonyl (C=O) groups excluding carboxylic acids is 3. The first-order chi connectivity index (χ1) is 23.2. The van der Waals surface area contributed by atoms with Crippen molar-refractivity contribution in [2.24, 2.45) is 5.16 Å². The van der Waals surface area contributed by atoms with E-state index in [9.17, 15) is 18.6 Å². The fraction of sp³-hybridized carbons (Fsp3) is 0.219. The second-order valence-electron chi connectivity index (χ2n) is 10.8. The number of nitrogens with zero attached hydrogens (tertiary/aromatic N) is 5. The van der Waals surface area contributed by atoms with Gasteiger partial charge in [0, 0.05) is 23.2 Å². The predicted molar refractivity (Wildman–Crippen MR) is 177 cm³/mol. The highest BCUT2D eigenvalue weighted by molar-refractivity contribution is 7.86. The second-order valence-corrected chi connectivity index (χ2v) is 13.1. The van der Waals surface area contributed by atoms with Crippen LogP contribution in [0.25, 0.3) is 0 Å². The van der Waals surface area contributed by atoms with Crippen LogP contribution in [0.3, 0.4) is 0 Å². The molecule has 16 heteroatoms. The van der Waals surface area contributed by atoms with Crippen molar-refractivity contribution in [2.75, 3.05) is 23.8 Å². The lowest BCUT2D eigenvalue weighted by Crippen LogP contribution is -2.74. The molecule has 3 atom stereocenters. The van der Waals surface area contributed by atoms with Gasteiger partial charge in [-0.15, -0.1) is 0 Å². The van der Waals surface area contributed by atoms with Crippen LogP contribution in [0, 0.1) is 0 Å². The fourth-order valence-electron chi connectivity index (χ4n) is 5.42. The summed E-state index contributed by atoms with van der Waals surface area (Å²) >= 11 is 0.857. The van der Waals surface area contributed by atoms with Crippen LogP contribution in [-0.2, 0) is 41.3 Å². The van der Waals surface area contributed by atoms with Crippen LogP contribution in [0.1, 0.15) is 30.0 Å². The van der Waals surface area contributed by atoms with Gasteiger partial charge in [-0.2, -0.15) is 13.9 Å². The Morgan fingerprint density at radius 3 is 2.40 bits per heavy atom. The highest BCUT2D eigenvalue weighted by Crippen LogP contribution is 2.37. The normalized spacial score (nSPS) is 19.0. The Labute approximate surface area is 281 Å². The number of nitrogens with two attached hydrogens (primary N) is 2. The molecular weight excluding hydrogens is 657 g/mol. The van der Waals surface area contributed by atoms with Crippen LogP contribution < -0.4 is 21.4 Å². The molecule has 4 heterocycles. The molecule has 2 aromatic carbocycles. The zero-order valence-corrected chi connectivity index (χ0v) is 27.2. The molecule has 1 saturated heterocycles. The molecule has 2 aliphatic rings. The zero-order chi connectivity index (χ0) is 33.8. The van der Waals surface area contributed by atoms with Crippen molar-refractivity contribution < 1.29 is 32.7 Å². The van der Waals surface area contributed by atoms with E-state index in [1.54, 1.807) is 36.0 Å². The Balaban J connectivity index is 1.34. The standard InChI is InChI=1S/C32H30N8O6S2/c1-2-45-37-23(27-36-32(34)47-38-27)28(41)35-24-29(42)40-25(21(18-48(44)30(24)40)16-39-15-9-14-22(33)17-39)31(43)46-26(19-10-5-3-6-11-19)20-12-7-4-8-13-20/h3-15,17,24,26,30H,2,16,18,33H2,1H3,(H2-,34,35,36,38,41)/p+1/t24?,30-,48?/m1/s1. The largest absolute Gasteiger partial charge is 0.448 e. The number of β-lactam (4-membered cyclic amide) rings is 1. The molecule has 0 radical (unpaired) electrons. The molecule has 2 amide bonds. The molecule has 48 heavy (non-hydrogen) atoms. The molecule has 246 valence electrons. The summed E-state index contributed by atoms with van der Waals surface area (Å²) in [5.74, 6) is -2.43. The van der Waals surface area contributed by atoms with E-state index in [0.717, 1.165) is 27.6 Å². The Hall–Kier alpha value is -5.48. The number of rotatable bonds is 11. The lowest BCUT2D eigenvalue weighted by atomic mass is 10.0. The number of carbonyl (C=O) groups is 3. The number of benzene rings is 2. The van der Waals surface area contributed by atoms with Gasteiger partial charge in [-0.3, -0.25) is 18.7 Å². The highest BCUT2D eigenvalue weighted by Gasteiger charge is 2.58. The minimum Gasteiger partial charge on any atom is -0.448 e. The molecule has 2 aromatic heterocycles. The molecule has 2 aliphatic heterocycles. The van der Waals surface area contributed by atoms with Crippen LogP contribution in [0.4, 0.5) is 10.8 Å². The van der Waals surface area contributed by atoms with E-state index in [0.29, 0.717) is 11.3 Å². The van der Waals surface area contributed by atoms with Crippen molar-refractivity contribution in [2.45, 2.75) is 31.0 Å². The predicted octanol–water partition coefficient (Wildman–Crippen LogP) is 1.43. The van der Waals surface area contributed by atoms with Gasteiger partial charge in [0.25, 0.3) is 11.8 Å². The Kier molecular flexibility index (Phi) is 9.54. The number of pyridine rings is 1. The summed E-state index contributed by atoms with van der Waals surface area (Å²) in [7, 11) is -1.73. The molecule has 0 aliphatic carbocycles. The van der Waals surface area contributed by atoms with Gasteiger partial charge in [0.2, 0.25) is 11.5 Å². The average Bonchev–Trinajstić information content (AvgIpc) is 3.52. The van der Waals surface area contributed by atoms with Gasteiger partial charge in [0.1, 0.15) is 23.7 Å². The van der Waals surface area contributed by atoms with Crippen LogP contribution in [0.2, 0.25) is 0 Å². The molecule has 0 saturated carbocycles. The Morgan fingerprint density at radius 1 is 1.10 bits per heavy atom. The number of esters is 1. The van der Waals surface area contributed by atoms with E-state index in [1.165, 1.54) is 0 Å². The molecular formula is C32H31N8O6S2+. The van der Waals surface area contributed by atoms with Gasteiger partial charge in [0.15, 0.2) is 30.2 Å². The van der Waals surface area contributed by atoms with Crippen LogP contribution in [0.5, 0.6) is 0 Å². The van der Waals surface area contributed by atoms with Crippen LogP contribution in [-0.4, -0.2) is 65.7 Å². The Bertz CT molecular complexity index is 1900. The first-order valence-corrected chi connectivity index (χ1v) is 17.0. The minimum atomic E-state index is -1.73. The maximum atomic E-state index is 14.3. The van der Waals surface area contributed by atoms with E-state index in [1.807, 2.05) is 60.7 Å². The lowest BCUT2D eigenvalue weighted by molar-refractivity contribution is -0.688. The van der Waals surface area contributed by atoms with Crippen molar-refractivity contribution in [1.29, 1.82) is 0 Å². The van der Waals surface area contributed by atoms with E-state index in [-0.39, 0.29) is 41.3 Å². The summed E-state index contributed by atoms with van der Waals surface area (Å²) in [5.41, 5.74) is 13.7. The lowest BCUT2D eigenvalue weighted by Gasteiger charge is -2.49. The molecule has 6 rings (SSSR count). The van der Waals surface area contributed by atoms with Crippen molar-refractivity contribution in [3.8, 4) is 0 Å². The Morgan fingerprint density at radius 2 is 1.79 bits per heavy atom. The number of ether oxygens (including phenoxy) is 1. The van der Waals surface area contributed by atoms with Crippen molar-refractivity contribution in [1.82, 2.24) is 19.6 Å². The van der Waals surface area contributed by atoms with E-state index in [4.69, 9.17) is 21.0 Å². The first kappa shape index (κ1) is 32.5. The first-order valence-electron chi connectivity index (χ1n) is 14.8. The monoisotopic (exact) mass is 687 g/mol. The summed E-state index contributed by atoms with van der Waals surface area (Å²) in [5, 5.41) is 5.45. The number of aromatic nitrogens is 3. The van der Waals surface area contributed by atoms with Gasteiger partial charge in [-0.05, 0) is 24.1 Å². The van der Waals surface area contributed by atoms with Gasteiger partial charge in [-0.1, -0.05) is 65.8 Å². The summed E-state index contributed by atoms with van der Waals surface area (Å²) in [4.78, 5) is 51.7. The molecule has 1 fully saturated rings. The number of nitrogen functional groups attached to an aromatic ring is 2. The summed E-state index contributed by atoms with van der Waals surface area (Å²) < 4.78 is 25.7. The number of hydrogen-bond acceptors (Lipinski definition) is 12. The van der Waals surface area contributed by atoms with Crippen molar-refractivity contribution >= 4 is 56.6 Å². The third-order valence-electron chi connectivity index (χ3n) is 7.52. The average molecular weight is 688 g/mol. The van der Waals surface area contributed by atoms with Crippen LogP contribution in [0.15, 0.2) is 102 Å². The third kappa shape index (κ3) is 6.65. The number of fused-ring (bicyclic) bond motifs is 1. The maximum Gasteiger partial charge on any atom is 0.356 e. The van der Waals surface area contributed by atoms with Crippen LogP contribution >= 0.6 is 11.5 Å². The SMILES string of the molecule is CCON=C(C(=O)NC1C(=O)N2C(C(=O)OC(c3ccccc3)c3ccccc3)=C(C[n+]3cccc(N)c3)CS(=O)[C@H]12)c1nsc(N)n1.